The molecule has 0 unspecified atom stereocenters. The monoisotopic (exact) mass is 448 g/mol. The largest absolute Gasteiger partial charge is 0.377 e. The molecular weight excluding hydrogens is 420 g/mol. The molecule has 0 spiro atoms. The number of aromatic nitrogens is 2. The van der Waals surface area contributed by atoms with Gasteiger partial charge in [0.1, 0.15) is 0 Å². The molecule has 0 radical (unpaired) electrons. The van der Waals surface area contributed by atoms with E-state index in [1.54, 1.807) is 0 Å². The Bertz CT molecular complexity index is 809. The second-order valence-electron chi connectivity index (χ2n) is 7.50. The average molecular weight is 449 g/mol. The number of hydrogen-bond donors (Lipinski definition) is 0. The topological polar surface area (TPSA) is 50.6 Å². The summed E-state index contributed by atoms with van der Waals surface area (Å²) in [4.78, 5) is 17.1. The smallest absolute Gasteiger partial charge is 0.253 e. The zero-order valence-electron chi connectivity index (χ0n) is 17.1. The van der Waals surface area contributed by atoms with E-state index in [9.17, 15) is 4.79 Å². The molecule has 1 aliphatic heterocycles. The van der Waals surface area contributed by atoms with Crippen LogP contribution in [0.15, 0.2) is 28.7 Å². The SMILES string of the molecule is Cc1nn(-c2ccc(C(=O)N3CCN(CCOC(C)C)CC3)cc2)c(C)c1Br. The summed E-state index contributed by atoms with van der Waals surface area (Å²) in [5.74, 6) is 0.0965. The average Bonchev–Trinajstić information content (AvgIpc) is 2.95. The summed E-state index contributed by atoms with van der Waals surface area (Å²) in [7, 11) is 0. The van der Waals surface area contributed by atoms with Crippen molar-refractivity contribution in [1.29, 1.82) is 0 Å². The number of benzene rings is 1. The Kier molecular flexibility index (Phi) is 6.91. The van der Waals surface area contributed by atoms with Crippen molar-refractivity contribution in [3.63, 3.8) is 0 Å². The quantitative estimate of drug-likeness (QED) is 0.678. The predicted octanol–water partition coefficient (Wildman–Crippen LogP) is 3.43. The molecule has 152 valence electrons. The van der Waals surface area contributed by atoms with Crippen molar-refractivity contribution >= 4 is 21.8 Å². The molecular formula is C21H29BrN4O2. The van der Waals surface area contributed by atoms with Crippen molar-refractivity contribution in [3.05, 3.63) is 45.7 Å². The van der Waals surface area contributed by atoms with Gasteiger partial charge in [-0.25, -0.2) is 4.68 Å². The molecule has 1 saturated heterocycles. The van der Waals surface area contributed by atoms with Crippen LogP contribution in [0.1, 0.15) is 35.6 Å². The third-order valence-corrected chi connectivity index (χ3v) is 6.23. The molecule has 0 saturated carbocycles. The van der Waals surface area contributed by atoms with E-state index in [4.69, 9.17) is 4.74 Å². The number of ether oxygens (including phenoxy) is 1. The van der Waals surface area contributed by atoms with Crippen LogP contribution < -0.4 is 0 Å². The van der Waals surface area contributed by atoms with Gasteiger partial charge in [0.05, 0.1) is 34.3 Å². The Morgan fingerprint density at radius 1 is 1.14 bits per heavy atom. The second-order valence-corrected chi connectivity index (χ2v) is 8.29. The van der Waals surface area contributed by atoms with Gasteiger partial charge in [-0.15, -0.1) is 0 Å². The van der Waals surface area contributed by atoms with Crippen molar-refractivity contribution in [1.82, 2.24) is 19.6 Å². The Labute approximate surface area is 175 Å². The van der Waals surface area contributed by atoms with E-state index in [-0.39, 0.29) is 12.0 Å². The van der Waals surface area contributed by atoms with Crippen molar-refractivity contribution in [3.8, 4) is 5.69 Å². The normalized spacial score (nSPS) is 15.4. The summed E-state index contributed by atoms with van der Waals surface area (Å²) in [6, 6.07) is 7.70. The zero-order chi connectivity index (χ0) is 20.3. The van der Waals surface area contributed by atoms with Crippen LogP contribution in [0.5, 0.6) is 0 Å². The standard InChI is InChI=1S/C21H29BrN4O2/c1-15(2)28-14-13-24-9-11-25(12-10-24)21(27)18-5-7-19(8-6-18)26-17(4)20(22)16(3)23-26/h5-8,15H,9-14H2,1-4H3. The Balaban J connectivity index is 1.57. The van der Waals surface area contributed by atoms with Crippen molar-refractivity contribution in [2.45, 2.75) is 33.8 Å². The zero-order valence-corrected chi connectivity index (χ0v) is 18.7. The molecule has 0 N–H and O–H groups in total. The summed E-state index contributed by atoms with van der Waals surface area (Å²) in [5, 5.41) is 4.55. The van der Waals surface area contributed by atoms with Crippen LogP contribution in [-0.2, 0) is 4.74 Å². The van der Waals surface area contributed by atoms with Gasteiger partial charge in [0, 0.05) is 38.3 Å². The molecule has 1 aliphatic rings. The van der Waals surface area contributed by atoms with Gasteiger partial charge in [0.15, 0.2) is 0 Å². The van der Waals surface area contributed by atoms with E-state index < -0.39 is 0 Å². The summed E-state index contributed by atoms with van der Waals surface area (Å²) in [6.07, 6.45) is 0.265. The fourth-order valence-electron chi connectivity index (χ4n) is 3.39. The Hall–Kier alpha value is -1.70. The number of amides is 1. The van der Waals surface area contributed by atoms with Crippen molar-refractivity contribution < 1.29 is 9.53 Å². The molecule has 3 rings (SSSR count). The van der Waals surface area contributed by atoms with Crippen LogP contribution in [0.25, 0.3) is 5.69 Å². The highest BCUT2D eigenvalue weighted by atomic mass is 79.9. The Morgan fingerprint density at radius 2 is 1.79 bits per heavy atom. The van der Waals surface area contributed by atoms with Crippen LogP contribution in [0, 0.1) is 13.8 Å². The minimum Gasteiger partial charge on any atom is -0.377 e. The second kappa shape index (κ2) is 9.20. The molecule has 0 atom stereocenters. The Morgan fingerprint density at radius 3 is 2.32 bits per heavy atom. The molecule has 0 aliphatic carbocycles. The fraction of sp³-hybridized carbons (Fsp3) is 0.524. The molecule has 2 aromatic rings. The fourth-order valence-corrected chi connectivity index (χ4v) is 3.64. The van der Waals surface area contributed by atoms with Gasteiger partial charge in [0.25, 0.3) is 5.91 Å². The number of rotatable bonds is 6. The molecule has 1 aromatic heterocycles. The van der Waals surface area contributed by atoms with Crippen LogP contribution in [0.4, 0.5) is 0 Å². The lowest BCUT2D eigenvalue weighted by molar-refractivity contribution is 0.0407. The van der Waals surface area contributed by atoms with Gasteiger partial charge in [-0.05, 0) is 67.9 Å². The van der Waals surface area contributed by atoms with Gasteiger partial charge < -0.3 is 9.64 Å². The van der Waals surface area contributed by atoms with E-state index in [2.05, 4.69) is 39.8 Å². The van der Waals surface area contributed by atoms with Gasteiger partial charge >= 0.3 is 0 Å². The first-order chi connectivity index (χ1) is 13.4. The van der Waals surface area contributed by atoms with E-state index in [0.717, 1.165) is 66.4 Å². The first-order valence-electron chi connectivity index (χ1n) is 9.82. The predicted molar refractivity (Wildman–Crippen MR) is 114 cm³/mol. The summed E-state index contributed by atoms with van der Waals surface area (Å²) in [6.45, 7) is 13.1. The number of hydrogen-bond acceptors (Lipinski definition) is 4. The third kappa shape index (κ3) is 4.82. The molecule has 2 heterocycles. The lowest BCUT2D eigenvalue weighted by Crippen LogP contribution is -2.49. The number of aryl methyl sites for hydroxylation is 1. The molecule has 1 fully saturated rings. The minimum atomic E-state index is 0.0965. The van der Waals surface area contributed by atoms with Crippen LogP contribution in [0.3, 0.4) is 0 Å². The van der Waals surface area contributed by atoms with E-state index in [0.29, 0.717) is 0 Å². The number of carbonyl (C=O) groups excluding carboxylic acids is 1. The summed E-state index contributed by atoms with van der Waals surface area (Å²) >= 11 is 3.56. The van der Waals surface area contributed by atoms with E-state index >= 15 is 0 Å². The van der Waals surface area contributed by atoms with Crippen molar-refractivity contribution in [2.24, 2.45) is 0 Å². The molecule has 0 bridgehead atoms. The molecule has 1 aromatic carbocycles. The molecule has 1 amide bonds. The maximum Gasteiger partial charge on any atom is 0.253 e. The first-order valence-corrected chi connectivity index (χ1v) is 10.6. The highest BCUT2D eigenvalue weighted by Gasteiger charge is 2.22. The van der Waals surface area contributed by atoms with Crippen molar-refractivity contribution in [2.75, 3.05) is 39.3 Å². The third-order valence-electron chi connectivity index (χ3n) is 5.08. The maximum atomic E-state index is 12.8. The molecule has 7 heteroatoms. The van der Waals surface area contributed by atoms with Gasteiger partial charge in [0.2, 0.25) is 0 Å². The van der Waals surface area contributed by atoms with Crippen LogP contribution in [-0.4, -0.2) is 70.9 Å². The van der Waals surface area contributed by atoms with Crippen LogP contribution >= 0.6 is 15.9 Å². The minimum absolute atomic E-state index is 0.0965. The van der Waals surface area contributed by atoms with E-state index in [1.165, 1.54) is 0 Å². The lowest BCUT2D eigenvalue weighted by Gasteiger charge is -2.34. The maximum absolute atomic E-state index is 12.8. The lowest BCUT2D eigenvalue weighted by atomic mass is 10.1. The molecule has 28 heavy (non-hydrogen) atoms. The summed E-state index contributed by atoms with van der Waals surface area (Å²) in [5.41, 5.74) is 3.68. The van der Waals surface area contributed by atoms with Gasteiger partial charge in [-0.2, -0.15) is 5.10 Å². The highest BCUT2D eigenvalue weighted by molar-refractivity contribution is 9.10. The number of nitrogens with zero attached hydrogens (tertiary/aromatic N) is 4. The first kappa shape index (κ1) is 21.0. The number of piperazine rings is 1. The number of halogens is 1. The number of carbonyl (C=O) groups is 1. The summed E-state index contributed by atoms with van der Waals surface area (Å²) < 4.78 is 8.53. The van der Waals surface area contributed by atoms with Crippen LogP contribution in [0.2, 0.25) is 0 Å². The van der Waals surface area contributed by atoms with Gasteiger partial charge in [-0.1, -0.05) is 0 Å². The van der Waals surface area contributed by atoms with E-state index in [1.807, 2.05) is 47.7 Å². The van der Waals surface area contributed by atoms with Gasteiger partial charge in [-0.3, -0.25) is 9.69 Å². The highest BCUT2D eigenvalue weighted by Crippen LogP contribution is 2.23. The molecule has 6 nitrogen and oxygen atoms in total.